The van der Waals surface area contributed by atoms with Crippen LogP contribution in [0.25, 0.3) is 11.0 Å². The van der Waals surface area contributed by atoms with Gasteiger partial charge in [0.1, 0.15) is 0 Å². The van der Waals surface area contributed by atoms with Crippen molar-refractivity contribution in [2.75, 3.05) is 0 Å². The van der Waals surface area contributed by atoms with Crippen LogP contribution >= 0.6 is 15.9 Å². The van der Waals surface area contributed by atoms with Gasteiger partial charge in [-0.2, -0.15) is 0 Å². The van der Waals surface area contributed by atoms with Gasteiger partial charge in [0.05, 0.1) is 11.0 Å². The summed E-state index contributed by atoms with van der Waals surface area (Å²) in [7, 11) is 0. The molecule has 2 N–H and O–H groups in total. The van der Waals surface area contributed by atoms with Crippen molar-refractivity contribution >= 4 is 27.0 Å². The van der Waals surface area contributed by atoms with Crippen LogP contribution in [0.1, 0.15) is 55.3 Å². The van der Waals surface area contributed by atoms with E-state index in [0.717, 1.165) is 17.0 Å². The zero-order chi connectivity index (χ0) is 13.9. The van der Waals surface area contributed by atoms with Crippen LogP contribution in [-0.2, 0) is 0 Å². The number of hydrogen-bond donors (Lipinski definition) is 2. The molecule has 1 unspecified atom stereocenters. The second-order valence-corrected chi connectivity index (χ2v) is 7.04. The maximum Gasteiger partial charge on any atom is 0.323 e. The van der Waals surface area contributed by atoms with Gasteiger partial charge in [0, 0.05) is 4.83 Å². The monoisotopic (exact) mass is 336 g/mol. The Morgan fingerprint density at radius 3 is 2.70 bits per heavy atom. The summed E-state index contributed by atoms with van der Waals surface area (Å²) in [5.74, 6) is 0.916. The van der Waals surface area contributed by atoms with E-state index >= 15 is 0 Å². The quantitative estimate of drug-likeness (QED) is 0.784. The predicted molar refractivity (Wildman–Crippen MR) is 86.4 cm³/mol. The number of nitrogens with one attached hydrogen (secondary N) is 2. The van der Waals surface area contributed by atoms with Crippen LogP contribution < -0.4 is 5.69 Å². The highest BCUT2D eigenvalue weighted by Crippen LogP contribution is 2.34. The number of hydrogen-bond acceptors (Lipinski definition) is 1. The highest BCUT2D eigenvalue weighted by Gasteiger charge is 2.16. The maximum absolute atomic E-state index is 11.3. The van der Waals surface area contributed by atoms with Crippen LogP contribution in [0, 0.1) is 5.92 Å². The van der Waals surface area contributed by atoms with Crippen LogP contribution in [0.5, 0.6) is 0 Å². The van der Waals surface area contributed by atoms with Crippen molar-refractivity contribution < 1.29 is 0 Å². The summed E-state index contributed by atoms with van der Waals surface area (Å²) in [5.41, 5.74) is 2.90. The Kier molecular flexibility index (Phi) is 4.29. The van der Waals surface area contributed by atoms with E-state index in [1.807, 2.05) is 6.07 Å². The van der Waals surface area contributed by atoms with Crippen molar-refractivity contribution in [1.82, 2.24) is 9.97 Å². The minimum absolute atomic E-state index is 0.134. The molecular weight excluding hydrogens is 316 g/mol. The van der Waals surface area contributed by atoms with Gasteiger partial charge in [-0.3, -0.25) is 0 Å². The Hall–Kier alpha value is -1.03. The first-order chi connectivity index (χ1) is 9.72. The zero-order valence-corrected chi connectivity index (χ0v) is 13.2. The molecule has 1 heterocycles. The Labute approximate surface area is 127 Å². The summed E-state index contributed by atoms with van der Waals surface area (Å²) in [6.45, 7) is 0. The standard InChI is InChI=1S/C16H21BrN2O/c17-13(8-6-11-4-2-1-3-5-11)12-7-9-14-15(10-12)19-16(20)18-14/h7,9-11,13H,1-6,8H2,(H2,18,19,20). The minimum Gasteiger partial charge on any atom is -0.306 e. The molecule has 0 radical (unpaired) electrons. The Bertz CT molecular complexity index is 625. The summed E-state index contributed by atoms with van der Waals surface area (Å²) in [6, 6.07) is 6.16. The lowest BCUT2D eigenvalue weighted by atomic mass is 9.85. The average Bonchev–Trinajstić information content (AvgIpc) is 2.85. The third-order valence-electron chi connectivity index (χ3n) is 4.45. The van der Waals surface area contributed by atoms with Gasteiger partial charge in [0.2, 0.25) is 0 Å². The number of imidazole rings is 1. The molecule has 0 bridgehead atoms. The number of halogens is 1. The van der Waals surface area contributed by atoms with E-state index in [9.17, 15) is 4.79 Å². The molecule has 20 heavy (non-hydrogen) atoms. The summed E-state index contributed by atoms with van der Waals surface area (Å²) in [5, 5.41) is 0. The largest absolute Gasteiger partial charge is 0.323 e. The molecule has 3 rings (SSSR count). The summed E-state index contributed by atoms with van der Waals surface area (Å²) in [6.07, 6.45) is 9.53. The van der Waals surface area contributed by atoms with Crippen LogP contribution in [0.2, 0.25) is 0 Å². The van der Waals surface area contributed by atoms with Gasteiger partial charge < -0.3 is 9.97 Å². The molecule has 1 aliphatic carbocycles. The highest BCUT2D eigenvalue weighted by molar-refractivity contribution is 9.09. The fraction of sp³-hybridized carbons (Fsp3) is 0.562. The van der Waals surface area contributed by atoms with Gasteiger partial charge in [-0.1, -0.05) is 54.1 Å². The molecule has 4 heteroatoms. The van der Waals surface area contributed by atoms with E-state index in [4.69, 9.17) is 0 Å². The molecule has 1 saturated carbocycles. The van der Waals surface area contributed by atoms with Gasteiger partial charge in [-0.25, -0.2) is 4.79 Å². The van der Waals surface area contributed by atoms with Gasteiger partial charge in [0.25, 0.3) is 0 Å². The van der Waals surface area contributed by atoms with Crippen LogP contribution in [-0.4, -0.2) is 9.97 Å². The van der Waals surface area contributed by atoms with Crippen molar-refractivity contribution in [1.29, 1.82) is 0 Å². The number of H-pyrrole nitrogens is 2. The first-order valence-corrected chi connectivity index (χ1v) is 8.50. The minimum atomic E-state index is -0.134. The van der Waals surface area contributed by atoms with Crippen molar-refractivity contribution in [3.05, 3.63) is 34.2 Å². The number of benzene rings is 1. The smallest absolute Gasteiger partial charge is 0.306 e. The van der Waals surface area contributed by atoms with Crippen LogP contribution in [0.4, 0.5) is 0 Å². The molecule has 2 aromatic rings. The number of rotatable bonds is 4. The molecule has 1 atom stereocenters. The Balaban J connectivity index is 1.65. The fourth-order valence-electron chi connectivity index (χ4n) is 3.27. The van der Waals surface area contributed by atoms with E-state index in [1.54, 1.807) is 0 Å². The first kappa shape index (κ1) is 13.9. The van der Waals surface area contributed by atoms with Gasteiger partial charge in [-0.05, 0) is 36.5 Å². The maximum atomic E-state index is 11.3. The third kappa shape index (κ3) is 3.17. The molecule has 0 amide bonds. The summed E-state index contributed by atoms with van der Waals surface area (Å²) in [4.78, 5) is 17.3. The Morgan fingerprint density at radius 1 is 1.15 bits per heavy atom. The van der Waals surface area contributed by atoms with E-state index in [2.05, 4.69) is 38.0 Å². The Morgan fingerprint density at radius 2 is 1.90 bits per heavy atom. The lowest BCUT2D eigenvalue weighted by molar-refractivity contribution is 0.332. The van der Waals surface area contributed by atoms with Gasteiger partial charge >= 0.3 is 5.69 Å². The molecule has 1 fully saturated rings. The number of alkyl halides is 1. The molecule has 0 saturated heterocycles. The molecule has 1 aliphatic rings. The van der Waals surface area contributed by atoms with Crippen LogP contribution in [0.3, 0.4) is 0 Å². The third-order valence-corrected chi connectivity index (χ3v) is 5.44. The average molecular weight is 337 g/mol. The lowest BCUT2D eigenvalue weighted by Crippen LogP contribution is -2.07. The molecule has 0 aliphatic heterocycles. The molecule has 1 aromatic carbocycles. The van der Waals surface area contributed by atoms with Crippen molar-refractivity contribution in [2.45, 2.75) is 49.8 Å². The van der Waals surface area contributed by atoms with E-state index in [1.165, 1.54) is 50.5 Å². The number of fused-ring (bicyclic) bond motifs is 1. The lowest BCUT2D eigenvalue weighted by Gasteiger charge is -2.22. The first-order valence-electron chi connectivity index (χ1n) is 7.58. The summed E-state index contributed by atoms with van der Waals surface area (Å²) < 4.78 is 0. The van der Waals surface area contributed by atoms with E-state index < -0.39 is 0 Å². The van der Waals surface area contributed by atoms with Crippen molar-refractivity contribution in [3.63, 3.8) is 0 Å². The molecular formula is C16H21BrN2O. The summed E-state index contributed by atoms with van der Waals surface area (Å²) >= 11 is 3.80. The molecule has 108 valence electrons. The predicted octanol–water partition coefficient (Wildman–Crippen LogP) is 4.65. The molecule has 1 aromatic heterocycles. The number of aromatic amines is 2. The van der Waals surface area contributed by atoms with E-state index in [-0.39, 0.29) is 5.69 Å². The van der Waals surface area contributed by atoms with Crippen LogP contribution in [0.15, 0.2) is 23.0 Å². The highest BCUT2D eigenvalue weighted by atomic mass is 79.9. The fourth-order valence-corrected chi connectivity index (χ4v) is 3.82. The van der Waals surface area contributed by atoms with Crippen molar-refractivity contribution in [3.8, 4) is 0 Å². The molecule has 3 nitrogen and oxygen atoms in total. The topological polar surface area (TPSA) is 48.6 Å². The second-order valence-electron chi connectivity index (χ2n) is 5.93. The SMILES string of the molecule is O=c1[nH]c2ccc(C(Br)CCC3CCCCC3)cc2[nH]1. The van der Waals surface area contributed by atoms with Crippen molar-refractivity contribution in [2.24, 2.45) is 5.92 Å². The second kappa shape index (κ2) is 6.17. The normalized spacial score (nSPS) is 18.4. The molecule has 0 spiro atoms. The zero-order valence-electron chi connectivity index (χ0n) is 11.6. The van der Waals surface area contributed by atoms with Gasteiger partial charge in [0.15, 0.2) is 0 Å². The van der Waals surface area contributed by atoms with E-state index in [0.29, 0.717) is 4.83 Å². The number of aromatic nitrogens is 2. The van der Waals surface area contributed by atoms with Gasteiger partial charge in [-0.15, -0.1) is 0 Å².